The van der Waals surface area contributed by atoms with E-state index < -0.39 is 0 Å². The van der Waals surface area contributed by atoms with E-state index in [4.69, 9.17) is 21.3 Å². The molecule has 2 fully saturated rings. The molecule has 2 aliphatic carbocycles. The lowest BCUT2D eigenvalue weighted by molar-refractivity contribution is 0.161. The molecule has 1 atom stereocenters. The summed E-state index contributed by atoms with van der Waals surface area (Å²) in [7, 11) is 1.75. The molecule has 2 aromatic heterocycles. The number of hydrogen-bond donors (Lipinski definition) is 3. The molecule has 3 N–H and O–H groups in total. The van der Waals surface area contributed by atoms with Gasteiger partial charge < -0.3 is 20.7 Å². The van der Waals surface area contributed by atoms with E-state index in [1.54, 1.807) is 19.5 Å². The van der Waals surface area contributed by atoms with Crippen LogP contribution in [0.25, 0.3) is 11.4 Å². The number of aromatic nitrogens is 3. The Morgan fingerprint density at radius 1 is 1.19 bits per heavy atom. The second kappa shape index (κ2) is 10.3. The molecular formula is C24H35ClN6O. The molecule has 32 heavy (non-hydrogen) atoms. The molecule has 4 rings (SSSR count). The third-order valence-corrected chi connectivity index (χ3v) is 6.84. The molecule has 2 aromatic rings. The van der Waals surface area contributed by atoms with Gasteiger partial charge in [0.1, 0.15) is 5.69 Å². The molecule has 0 spiro atoms. The van der Waals surface area contributed by atoms with Crippen LogP contribution < -0.4 is 16.0 Å². The van der Waals surface area contributed by atoms with Gasteiger partial charge in [-0.1, -0.05) is 18.5 Å². The molecule has 174 valence electrons. The predicted molar refractivity (Wildman–Crippen MR) is 130 cm³/mol. The highest BCUT2D eigenvalue weighted by Crippen LogP contribution is 2.44. The number of pyridine rings is 1. The van der Waals surface area contributed by atoms with Gasteiger partial charge >= 0.3 is 0 Å². The van der Waals surface area contributed by atoms with Crippen molar-refractivity contribution in [2.75, 3.05) is 30.9 Å². The molecule has 2 saturated carbocycles. The van der Waals surface area contributed by atoms with Crippen LogP contribution in [0.1, 0.15) is 52.4 Å². The lowest BCUT2D eigenvalue weighted by Crippen LogP contribution is -2.43. The Bertz CT molecular complexity index is 898. The second-order valence-electron chi connectivity index (χ2n) is 9.70. The fraction of sp³-hybridized carbons (Fsp3) is 0.625. The van der Waals surface area contributed by atoms with Gasteiger partial charge in [0.25, 0.3) is 0 Å². The molecule has 0 aliphatic heterocycles. The number of hydrogen-bond acceptors (Lipinski definition) is 7. The largest absolute Gasteiger partial charge is 0.384 e. The Kier molecular flexibility index (Phi) is 7.48. The molecule has 0 saturated heterocycles. The normalized spacial score (nSPS) is 22.9. The predicted octanol–water partition coefficient (Wildman–Crippen LogP) is 4.75. The van der Waals surface area contributed by atoms with Gasteiger partial charge in [-0.15, -0.1) is 0 Å². The molecular weight excluding hydrogens is 424 g/mol. The number of anilines is 2. The van der Waals surface area contributed by atoms with Crippen LogP contribution in [0.5, 0.6) is 0 Å². The Balaban J connectivity index is 1.36. The molecule has 0 bridgehead atoms. The molecule has 2 aliphatic rings. The van der Waals surface area contributed by atoms with Crippen LogP contribution in [0.2, 0.25) is 5.02 Å². The minimum atomic E-state index is 0.361. The summed E-state index contributed by atoms with van der Waals surface area (Å²) in [4.78, 5) is 13.6. The summed E-state index contributed by atoms with van der Waals surface area (Å²) in [6.07, 6.45) is 10.4. The molecule has 2 heterocycles. The smallest absolute Gasteiger partial charge is 0.223 e. The first-order valence-corrected chi connectivity index (χ1v) is 12.1. The first-order valence-electron chi connectivity index (χ1n) is 11.7. The van der Waals surface area contributed by atoms with Gasteiger partial charge in [-0.05, 0) is 63.0 Å². The minimum Gasteiger partial charge on any atom is -0.384 e. The van der Waals surface area contributed by atoms with Crippen molar-refractivity contribution in [2.24, 2.45) is 5.41 Å². The van der Waals surface area contributed by atoms with Crippen LogP contribution in [-0.2, 0) is 4.74 Å². The number of methoxy groups -OCH3 is 1. The van der Waals surface area contributed by atoms with Crippen molar-refractivity contribution in [2.45, 2.75) is 70.5 Å². The van der Waals surface area contributed by atoms with Gasteiger partial charge in [0.05, 0.1) is 23.5 Å². The van der Waals surface area contributed by atoms with Crippen molar-refractivity contribution in [1.82, 2.24) is 20.3 Å². The fourth-order valence-corrected chi connectivity index (χ4v) is 4.47. The van der Waals surface area contributed by atoms with Crippen molar-refractivity contribution in [1.29, 1.82) is 0 Å². The Morgan fingerprint density at radius 2 is 1.94 bits per heavy atom. The molecule has 0 amide bonds. The van der Waals surface area contributed by atoms with Crippen LogP contribution in [0.3, 0.4) is 0 Å². The summed E-state index contributed by atoms with van der Waals surface area (Å²) < 4.78 is 5.23. The van der Waals surface area contributed by atoms with E-state index in [9.17, 15) is 0 Å². The summed E-state index contributed by atoms with van der Waals surface area (Å²) in [6, 6.07) is 5.28. The van der Waals surface area contributed by atoms with E-state index in [0.29, 0.717) is 40.2 Å². The average Bonchev–Trinajstić information content (AvgIpc) is 3.53. The zero-order valence-corrected chi connectivity index (χ0v) is 20.1. The Labute approximate surface area is 196 Å². The summed E-state index contributed by atoms with van der Waals surface area (Å²) in [6.45, 7) is 6.19. The quantitative estimate of drug-likeness (QED) is 0.473. The number of nitrogens with zero attached hydrogens (tertiary/aromatic N) is 3. The summed E-state index contributed by atoms with van der Waals surface area (Å²) >= 11 is 6.45. The van der Waals surface area contributed by atoms with Gasteiger partial charge in [-0.3, -0.25) is 4.98 Å². The highest BCUT2D eigenvalue weighted by molar-refractivity contribution is 6.32. The molecule has 8 heteroatoms. The average molecular weight is 459 g/mol. The minimum absolute atomic E-state index is 0.361. The van der Waals surface area contributed by atoms with Crippen molar-refractivity contribution in [3.63, 3.8) is 0 Å². The van der Waals surface area contributed by atoms with Crippen LogP contribution in [0, 0.1) is 5.41 Å². The van der Waals surface area contributed by atoms with E-state index in [1.165, 1.54) is 12.8 Å². The highest BCUT2D eigenvalue weighted by atomic mass is 35.5. The van der Waals surface area contributed by atoms with E-state index in [1.807, 2.05) is 12.1 Å². The summed E-state index contributed by atoms with van der Waals surface area (Å²) in [5.41, 5.74) is 2.89. The lowest BCUT2D eigenvalue weighted by Gasteiger charge is -2.31. The number of halogens is 1. The van der Waals surface area contributed by atoms with Gasteiger partial charge in [-0.2, -0.15) is 0 Å². The molecule has 0 aromatic carbocycles. The zero-order valence-electron chi connectivity index (χ0n) is 19.3. The number of ether oxygens (including phenoxy) is 1. The molecule has 0 unspecified atom stereocenters. The maximum atomic E-state index is 6.45. The zero-order chi connectivity index (χ0) is 22.6. The van der Waals surface area contributed by atoms with E-state index in [-0.39, 0.29) is 0 Å². The van der Waals surface area contributed by atoms with Crippen molar-refractivity contribution in [3.8, 4) is 11.4 Å². The van der Waals surface area contributed by atoms with Crippen LogP contribution >= 0.6 is 11.6 Å². The monoisotopic (exact) mass is 458 g/mol. The maximum Gasteiger partial charge on any atom is 0.223 e. The summed E-state index contributed by atoms with van der Waals surface area (Å²) in [5.74, 6) is 0.610. The first kappa shape index (κ1) is 23.2. The molecule has 0 radical (unpaired) electrons. The third kappa shape index (κ3) is 6.30. The highest BCUT2D eigenvalue weighted by Gasteiger charge is 2.36. The number of rotatable bonds is 10. The fourth-order valence-electron chi connectivity index (χ4n) is 4.28. The Hall–Kier alpha value is -1.96. The van der Waals surface area contributed by atoms with Crippen LogP contribution in [0.15, 0.2) is 24.5 Å². The van der Waals surface area contributed by atoms with Crippen molar-refractivity contribution >= 4 is 23.2 Å². The number of nitrogens with one attached hydrogen (secondary N) is 3. The van der Waals surface area contributed by atoms with Crippen LogP contribution in [-0.4, -0.2) is 53.3 Å². The summed E-state index contributed by atoms with van der Waals surface area (Å²) in [5, 5.41) is 11.2. The SMILES string of the molecule is COC[C@H](C)NC1CCC(Nc2ncc(Cl)c(-c3cc(NCC4(C)CC4)ccn3)n2)CC1. The van der Waals surface area contributed by atoms with E-state index >= 15 is 0 Å². The van der Waals surface area contributed by atoms with Gasteiger partial charge in [0.15, 0.2) is 0 Å². The van der Waals surface area contributed by atoms with Gasteiger partial charge in [-0.25, -0.2) is 9.97 Å². The third-order valence-electron chi connectivity index (χ3n) is 6.57. The van der Waals surface area contributed by atoms with Crippen LogP contribution in [0.4, 0.5) is 11.6 Å². The Morgan fingerprint density at radius 3 is 2.66 bits per heavy atom. The van der Waals surface area contributed by atoms with E-state index in [0.717, 1.165) is 50.2 Å². The van der Waals surface area contributed by atoms with Crippen molar-refractivity contribution < 1.29 is 4.74 Å². The second-order valence-corrected chi connectivity index (χ2v) is 10.1. The maximum absolute atomic E-state index is 6.45. The van der Waals surface area contributed by atoms with E-state index in [2.05, 4.69) is 39.8 Å². The first-order chi connectivity index (χ1) is 15.4. The standard InChI is InChI=1S/C24H35ClN6O/c1-16(14-32-3)29-17-4-6-18(7-5-17)30-23-27-13-20(25)22(31-23)21-12-19(8-11-26-21)28-15-24(2)9-10-24/h8,11-13,16-18,29H,4-7,9-10,14-15H2,1-3H3,(H,26,28)(H,27,30,31)/t16-,17?,18?/m0/s1. The van der Waals surface area contributed by atoms with Gasteiger partial charge in [0.2, 0.25) is 5.95 Å². The molecule has 7 nitrogen and oxygen atoms in total. The van der Waals surface area contributed by atoms with Crippen molar-refractivity contribution in [3.05, 3.63) is 29.5 Å². The lowest BCUT2D eigenvalue weighted by atomic mass is 9.91. The topological polar surface area (TPSA) is 84.0 Å². The van der Waals surface area contributed by atoms with Gasteiger partial charge in [0, 0.05) is 43.7 Å².